The van der Waals surface area contributed by atoms with E-state index >= 15 is 0 Å². The molecule has 3 rings (SSSR count). The monoisotopic (exact) mass is 368 g/mol. The Hall–Kier alpha value is -2.93. The number of carbonyl (C=O) groups is 1. The molecular weight excluding hydrogens is 344 g/mol. The molecule has 1 saturated heterocycles. The third-order valence-corrected chi connectivity index (χ3v) is 4.84. The van der Waals surface area contributed by atoms with Gasteiger partial charge < -0.3 is 10.6 Å². The molecule has 1 heterocycles. The van der Waals surface area contributed by atoms with Gasteiger partial charge in [-0.2, -0.15) is 0 Å². The van der Waals surface area contributed by atoms with Gasteiger partial charge in [0.25, 0.3) is 5.69 Å². The molecule has 2 N–H and O–H groups in total. The van der Waals surface area contributed by atoms with E-state index in [1.54, 1.807) is 13.0 Å². The lowest BCUT2D eigenvalue weighted by Gasteiger charge is -2.32. The molecule has 2 amide bonds. The summed E-state index contributed by atoms with van der Waals surface area (Å²) in [6.07, 6.45) is 1.80. The number of anilines is 1. The van der Waals surface area contributed by atoms with E-state index in [1.165, 1.54) is 17.7 Å². The van der Waals surface area contributed by atoms with Crippen molar-refractivity contribution in [2.75, 3.05) is 18.4 Å². The van der Waals surface area contributed by atoms with Crippen LogP contribution in [0.1, 0.15) is 24.0 Å². The van der Waals surface area contributed by atoms with Gasteiger partial charge in [-0.15, -0.1) is 0 Å². The predicted octanol–water partition coefficient (Wildman–Crippen LogP) is 3.69. The molecule has 1 fully saturated rings. The van der Waals surface area contributed by atoms with Crippen LogP contribution in [0.2, 0.25) is 0 Å². The lowest BCUT2D eigenvalue weighted by atomic mass is 10.0. The first kappa shape index (κ1) is 18.8. The average Bonchev–Trinajstić information content (AvgIpc) is 2.65. The van der Waals surface area contributed by atoms with Crippen LogP contribution in [0, 0.1) is 17.0 Å². The SMILES string of the molecule is Cc1cc([N+](=O)[O-])ccc1NC(=O)NC1CCN(Cc2ccccc2)CC1. The number of non-ortho nitro benzene ring substituents is 1. The standard InChI is InChI=1S/C20H24N4O3/c1-15-13-18(24(26)27)7-8-19(15)22-20(25)21-17-9-11-23(12-10-17)14-16-5-3-2-4-6-16/h2-8,13,17H,9-12,14H2,1H3,(H2,21,22,25). The largest absolute Gasteiger partial charge is 0.335 e. The Balaban J connectivity index is 1.46. The average molecular weight is 368 g/mol. The summed E-state index contributed by atoms with van der Waals surface area (Å²) in [5.74, 6) is 0. The molecule has 0 atom stereocenters. The number of nitro benzene ring substituents is 1. The van der Waals surface area contributed by atoms with Crippen LogP contribution >= 0.6 is 0 Å². The highest BCUT2D eigenvalue weighted by atomic mass is 16.6. The number of nitrogens with one attached hydrogen (secondary N) is 2. The molecule has 0 radical (unpaired) electrons. The number of hydrogen-bond acceptors (Lipinski definition) is 4. The lowest BCUT2D eigenvalue weighted by molar-refractivity contribution is -0.384. The maximum absolute atomic E-state index is 12.3. The second-order valence-corrected chi connectivity index (χ2v) is 6.89. The minimum Gasteiger partial charge on any atom is -0.335 e. The van der Waals surface area contributed by atoms with Crippen LogP contribution in [0.3, 0.4) is 0 Å². The Bertz CT molecular complexity index is 802. The van der Waals surface area contributed by atoms with Crippen molar-refractivity contribution in [1.29, 1.82) is 0 Å². The highest BCUT2D eigenvalue weighted by molar-refractivity contribution is 5.90. The molecule has 1 aliphatic rings. The topological polar surface area (TPSA) is 87.5 Å². The number of rotatable bonds is 5. The highest BCUT2D eigenvalue weighted by Gasteiger charge is 2.21. The first-order valence-electron chi connectivity index (χ1n) is 9.10. The third kappa shape index (κ3) is 5.27. The maximum atomic E-state index is 12.3. The summed E-state index contributed by atoms with van der Waals surface area (Å²) in [5, 5.41) is 16.6. The quantitative estimate of drug-likeness (QED) is 0.622. The molecular formula is C20H24N4O3. The Morgan fingerprint density at radius 3 is 2.52 bits per heavy atom. The molecule has 0 saturated carbocycles. The number of piperidine rings is 1. The summed E-state index contributed by atoms with van der Waals surface area (Å²) >= 11 is 0. The van der Waals surface area contributed by atoms with Gasteiger partial charge in [-0.3, -0.25) is 15.0 Å². The number of benzene rings is 2. The van der Waals surface area contributed by atoms with Crippen LogP contribution < -0.4 is 10.6 Å². The van der Waals surface area contributed by atoms with Gasteiger partial charge in [-0.05, 0) is 37.0 Å². The number of hydrogen-bond donors (Lipinski definition) is 2. The molecule has 1 aliphatic heterocycles. The van der Waals surface area contributed by atoms with Crippen molar-refractivity contribution in [3.63, 3.8) is 0 Å². The van der Waals surface area contributed by atoms with Crippen molar-refractivity contribution in [3.05, 3.63) is 69.8 Å². The molecule has 0 unspecified atom stereocenters. The van der Waals surface area contributed by atoms with Crippen LogP contribution in [-0.4, -0.2) is 35.0 Å². The summed E-state index contributed by atoms with van der Waals surface area (Å²) in [6, 6.07) is 14.7. The summed E-state index contributed by atoms with van der Waals surface area (Å²) in [4.78, 5) is 25.0. The van der Waals surface area contributed by atoms with E-state index in [0.29, 0.717) is 11.3 Å². The predicted molar refractivity (Wildman–Crippen MR) is 105 cm³/mol. The molecule has 27 heavy (non-hydrogen) atoms. The third-order valence-electron chi connectivity index (χ3n) is 4.84. The molecule has 0 bridgehead atoms. The van der Waals surface area contributed by atoms with Crippen LogP contribution in [0.15, 0.2) is 48.5 Å². The molecule has 7 heteroatoms. The number of urea groups is 1. The van der Waals surface area contributed by atoms with Gasteiger partial charge in [0.1, 0.15) is 0 Å². The highest BCUT2D eigenvalue weighted by Crippen LogP contribution is 2.21. The normalized spacial score (nSPS) is 15.3. The maximum Gasteiger partial charge on any atom is 0.319 e. The minimum absolute atomic E-state index is 0.0178. The lowest BCUT2D eigenvalue weighted by Crippen LogP contribution is -2.45. The van der Waals surface area contributed by atoms with Crippen molar-refractivity contribution < 1.29 is 9.72 Å². The number of aryl methyl sites for hydroxylation is 1. The number of carbonyl (C=O) groups excluding carboxylic acids is 1. The van der Waals surface area contributed by atoms with Crippen molar-refractivity contribution in [1.82, 2.24) is 10.2 Å². The second-order valence-electron chi connectivity index (χ2n) is 6.89. The zero-order valence-electron chi connectivity index (χ0n) is 15.4. The first-order chi connectivity index (χ1) is 13.0. The van der Waals surface area contributed by atoms with Crippen molar-refractivity contribution >= 4 is 17.4 Å². The van der Waals surface area contributed by atoms with Gasteiger partial charge in [0, 0.05) is 43.5 Å². The molecule has 2 aromatic carbocycles. The van der Waals surface area contributed by atoms with Gasteiger partial charge >= 0.3 is 6.03 Å². The molecule has 142 valence electrons. The summed E-state index contributed by atoms with van der Waals surface area (Å²) in [5.41, 5.74) is 2.57. The van der Waals surface area contributed by atoms with Crippen molar-refractivity contribution in [2.45, 2.75) is 32.4 Å². The van der Waals surface area contributed by atoms with Crippen LogP contribution in [0.5, 0.6) is 0 Å². The summed E-state index contributed by atoms with van der Waals surface area (Å²) < 4.78 is 0. The number of nitro groups is 1. The van der Waals surface area contributed by atoms with E-state index in [2.05, 4.69) is 27.7 Å². The Kier molecular flexibility index (Phi) is 6.03. The van der Waals surface area contributed by atoms with E-state index in [1.807, 2.05) is 18.2 Å². The minimum atomic E-state index is -0.444. The molecule has 2 aromatic rings. The van der Waals surface area contributed by atoms with Crippen molar-refractivity contribution in [2.24, 2.45) is 0 Å². The fourth-order valence-corrected chi connectivity index (χ4v) is 3.32. The number of nitrogens with zero attached hydrogens (tertiary/aromatic N) is 2. The second kappa shape index (κ2) is 8.64. The fraction of sp³-hybridized carbons (Fsp3) is 0.350. The Morgan fingerprint density at radius 1 is 1.19 bits per heavy atom. The molecule has 0 spiro atoms. The smallest absolute Gasteiger partial charge is 0.319 e. The zero-order valence-corrected chi connectivity index (χ0v) is 15.4. The number of likely N-dealkylation sites (tertiary alicyclic amines) is 1. The summed E-state index contributed by atoms with van der Waals surface area (Å²) in [6.45, 7) is 4.55. The molecule has 0 aliphatic carbocycles. The molecule has 7 nitrogen and oxygen atoms in total. The Morgan fingerprint density at radius 2 is 1.89 bits per heavy atom. The van der Waals surface area contributed by atoms with E-state index < -0.39 is 4.92 Å². The van der Waals surface area contributed by atoms with Gasteiger partial charge in [0.2, 0.25) is 0 Å². The first-order valence-corrected chi connectivity index (χ1v) is 9.10. The van der Waals surface area contributed by atoms with Crippen LogP contribution in [-0.2, 0) is 6.54 Å². The van der Waals surface area contributed by atoms with Crippen LogP contribution in [0.25, 0.3) is 0 Å². The summed E-state index contributed by atoms with van der Waals surface area (Å²) in [7, 11) is 0. The van der Waals surface area contributed by atoms with Crippen LogP contribution in [0.4, 0.5) is 16.2 Å². The zero-order chi connectivity index (χ0) is 19.2. The van der Waals surface area contributed by atoms with Gasteiger partial charge in [0.05, 0.1) is 4.92 Å². The van der Waals surface area contributed by atoms with Gasteiger partial charge in [-0.25, -0.2) is 4.79 Å². The Labute approximate surface area is 158 Å². The van der Waals surface area contributed by atoms with Gasteiger partial charge in [0.15, 0.2) is 0 Å². The van der Waals surface area contributed by atoms with E-state index in [4.69, 9.17) is 0 Å². The van der Waals surface area contributed by atoms with E-state index in [9.17, 15) is 14.9 Å². The van der Waals surface area contributed by atoms with E-state index in [-0.39, 0.29) is 17.8 Å². The fourth-order valence-electron chi connectivity index (χ4n) is 3.32. The number of amides is 2. The van der Waals surface area contributed by atoms with E-state index in [0.717, 1.165) is 32.5 Å². The van der Waals surface area contributed by atoms with Crippen molar-refractivity contribution in [3.8, 4) is 0 Å². The molecule has 0 aromatic heterocycles. The van der Waals surface area contributed by atoms with Gasteiger partial charge in [-0.1, -0.05) is 30.3 Å².